The van der Waals surface area contributed by atoms with Gasteiger partial charge in [0.2, 0.25) is 0 Å². The number of rotatable bonds is 3. The molecule has 1 unspecified atom stereocenters. The van der Waals surface area contributed by atoms with Gasteiger partial charge < -0.3 is 5.11 Å². The van der Waals surface area contributed by atoms with Crippen molar-refractivity contribution in [2.24, 2.45) is 0 Å². The topological polar surface area (TPSA) is 20.2 Å². The molecular weight excluding hydrogens is 303 g/mol. The number of aliphatic hydroxyl groups is 1. The Morgan fingerprint density at radius 1 is 1.41 bits per heavy atom. The van der Waals surface area contributed by atoms with Gasteiger partial charge in [-0.15, -0.1) is 0 Å². The monoisotopic (exact) mass is 314 g/mol. The molecule has 1 atom stereocenters. The summed E-state index contributed by atoms with van der Waals surface area (Å²) in [5.74, 6) is -0.286. The molecule has 0 spiro atoms. The van der Waals surface area contributed by atoms with E-state index in [1.807, 2.05) is 17.7 Å². The van der Waals surface area contributed by atoms with Crippen molar-refractivity contribution >= 4 is 27.3 Å². The van der Waals surface area contributed by atoms with E-state index in [0.29, 0.717) is 16.5 Å². The lowest BCUT2D eigenvalue weighted by Gasteiger charge is -2.11. The molecule has 0 aliphatic carbocycles. The number of hydrogen-bond donors (Lipinski definition) is 1. The van der Waals surface area contributed by atoms with Gasteiger partial charge in [0, 0.05) is 10.9 Å². The SMILES string of the molecule is Cc1cscc1C(O)Cc1ccc(Br)cc1F. The molecule has 0 amide bonds. The largest absolute Gasteiger partial charge is 0.388 e. The molecule has 17 heavy (non-hydrogen) atoms. The third-order valence-electron chi connectivity index (χ3n) is 2.68. The van der Waals surface area contributed by atoms with Gasteiger partial charge in [0.25, 0.3) is 0 Å². The molecule has 2 rings (SSSR count). The van der Waals surface area contributed by atoms with E-state index in [1.54, 1.807) is 23.5 Å². The minimum absolute atomic E-state index is 0.286. The van der Waals surface area contributed by atoms with Crippen LogP contribution in [0.15, 0.2) is 33.4 Å². The van der Waals surface area contributed by atoms with Crippen LogP contribution in [0, 0.1) is 12.7 Å². The second kappa shape index (κ2) is 5.29. The zero-order valence-electron chi connectivity index (χ0n) is 9.28. The predicted molar refractivity (Wildman–Crippen MR) is 71.8 cm³/mol. The number of thiophene rings is 1. The minimum atomic E-state index is -0.642. The molecule has 0 saturated heterocycles. The maximum atomic E-state index is 13.6. The molecule has 0 saturated carbocycles. The minimum Gasteiger partial charge on any atom is -0.388 e. The van der Waals surface area contributed by atoms with Crippen molar-refractivity contribution in [3.05, 3.63) is 55.9 Å². The van der Waals surface area contributed by atoms with Crippen molar-refractivity contribution in [3.8, 4) is 0 Å². The molecule has 1 aromatic heterocycles. The van der Waals surface area contributed by atoms with E-state index >= 15 is 0 Å². The Morgan fingerprint density at radius 3 is 2.76 bits per heavy atom. The summed E-state index contributed by atoms with van der Waals surface area (Å²) in [5.41, 5.74) is 2.48. The van der Waals surface area contributed by atoms with Gasteiger partial charge in [-0.3, -0.25) is 0 Å². The molecule has 0 aliphatic heterocycles. The van der Waals surface area contributed by atoms with Crippen molar-refractivity contribution in [2.75, 3.05) is 0 Å². The molecule has 1 aromatic carbocycles. The zero-order chi connectivity index (χ0) is 12.4. The Kier molecular flexibility index (Phi) is 3.97. The third-order valence-corrected chi connectivity index (χ3v) is 4.06. The molecule has 1 nitrogen and oxygen atoms in total. The summed E-state index contributed by atoms with van der Waals surface area (Å²) in [6.07, 6.45) is -0.339. The standard InChI is InChI=1S/C13H12BrFOS/c1-8-6-17-7-11(8)13(16)4-9-2-3-10(14)5-12(9)15/h2-3,5-7,13,16H,4H2,1H3. The summed E-state index contributed by atoms with van der Waals surface area (Å²) in [4.78, 5) is 0. The van der Waals surface area contributed by atoms with Gasteiger partial charge in [0.05, 0.1) is 6.10 Å². The summed E-state index contributed by atoms with van der Waals surface area (Å²) in [5, 5.41) is 14.0. The van der Waals surface area contributed by atoms with Gasteiger partial charge in [0.15, 0.2) is 0 Å². The van der Waals surface area contributed by atoms with Crippen molar-refractivity contribution in [1.82, 2.24) is 0 Å². The summed E-state index contributed by atoms with van der Waals surface area (Å²) in [6.45, 7) is 1.95. The molecule has 0 bridgehead atoms. The first-order chi connectivity index (χ1) is 8.08. The lowest BCUT2D eigenvalue weighted by molar-refractivity contribution is 0.177. The van der Waals surface area contributed by atoms with Crippen LogP contribution in [0.1, 0.15) is 22.8 Å². The number of halogens is 2. The molecule has 4 heteroatoms. The van der Waals surface area contributed by atoms with Crippen molar-refractivity contribution < 1.29 is 9.50 Å². The van der Waals surface area contributed by atoms with Crippen LogP contribution in [0.5, 0.6) is 0 Å². The van der Waals surface area contributed by atoms with Crippen LogP contribution in [0.3, 0.4) is 0 Å². The molecule has 0 aliphatic rings. The average molecular weight is 315 g/mol. The Morgan fingerprint density at radius 2 is 2.18 bits per heavy atom. The van der Waals surface area contributed by atoms with E-state index in [2.05, 4.69) is 15.9 Å². The van der Waals surface area contributed by atoms with Gasteiger partial charge in [-0.2, -0.15) is 11.3 Å². The molecule has 90 valence electrons. The average Bonchev–Trinajstić information content (AvgIpc) is 2.68. The van der Waals surface area contributed by atoms with E-state index in [4.69, 9.17) is 0 Å². The van der Waals surface area contributed by atoms with Crippen LogP contribution in [-0.2, 0) is 6.42 Å². The van der Waals surface area contributed by atoms with Crippen molar-refractivity contribution in [2.45, 2.75) is 19.4 Å². The highest BCUT2D eigenvalue weighted by Gasteiger charge is 2.14. The Labute approximate surface area is 112 Å². The second-order valence-corrected chi connectivity index (χ2v) is 5.63. The highest BCUT2D eigenvalue weighted by molar-refractivity contribution is 9.10. The fourth-order valence-electron chi connectivity index (χ4n) is 1.72. The third kappa shape index (κ3) is 2.94. The normalized spacial score (nSPS) is 12.7. The van der Waals surface area contributed by atoms with Crippen LogP contribution >= 0.6 is 27.3 Å². The quantitative estimate of drug-likeness (QED) is 0.898. The first-order valence-corrected chi connectivity index (χ1v) is 6.96. The van der Waals surface area contributed by atoms with Crippen molar-refractivity contribution in [1.29, 1.82) is 0 Å². The Hall–Kier alpha value is -0.710. The van der Waals surface area contributed by atoms with Crippen LogP contribution in [0.4, 0.5) is 4.39 Å². The van der Waals surface area contributed by atoms with E-state index in [9.17, 15) is 9.50 Å². The first kappa shape index (κ1) is 12.7. The number of hydrogen-bond acceptors (Lipinski definition) is 2. The Bertz CT molecular complexity index is 524. The molecular formula is C13H12BrFOS. The van der Waals surface area contributed by atoms with Gasteiger partial charge >= 0.3 is 0 Å². The maximum Gasteiger partial charge on any atom is 0.127 e. The summed E-state index contributed by atoms with van der Waals surface area (Å²) in [7, 11) is 0. The lowest BCUT2D eigenvalue weighted by Crippen LogP contribution is -2.03. The summed E-state index contributed by atoms with van der Waals surface area (Å²) in [6, 6.07) is 4.90. The predicted octanol–water partition coefficient (Wildman–Crippen LogP) is 4.23. The zero-order valence-corrected chi connectivity index (χ0v) is 11.7. The molecule has 1 N–H and O–H groups in total. The van der Waals surface area contributed by atoms with E-state index in [1.165, 1.54) is 6.07 Å². The van der Waals surface area contributed by atoms with E-state index in [-0.39, 0.29) is 5.82 Å². The maximum absolute atomic E-state index is 13.6. The molecule has 2 aromatic rings. The van der Waals surface area contributed by atoms with Gasteiger partial charge in [-0.1, -0.05) is 22.0 Å². The lowest BCUT2D eigenvalue weighted by atomic mass is 10.0. The van der Waals surface area contributed by atoms with Crippen molar-refractivity contribution in [3.63, 3.8) is 0 Å². The number of aliphatic hydroxyl groups excluding tert-OH is 1. The fourth-order valence-corrected chi connectivity index (χ4v) is 2.95. The second-order valence-electron chi connectivity index (χ2n) is 3.97. The van der Waals surface area contributed by atoms with Gasteiger partial charge in [-0.25, -0.2) is 4.39 Å². The van der Waals surface area contributed by atoms with E-state index < -0.39 is 6.10 Å². The highest BCUT2D eigenvalue weighted by Crippen LogP contribution is 2.26. The van der Waals surface area contributed by atoms with Crippen LogP contribution in [0.2, 0.25) is 0 Å². The van der Waals surface area contributed by atoms with Crippen LogP contribution < -0.4 is 0 Å². The van der Waals surface area contributed by atoms with Gasteiger partial charge in [-0.05, 0) is 46.5 Å². The van der Waals surface area contributed by atoms with Gasteiger partial charge in [0.1, 0.15) is 5.82 Å². The first-order valence-electron chi connectivity index (χ1n) is 5.22. The smallest absolute Gasteiger partial charge is 0.127 e. The highest BCUT2D eigenvalue weighted by atomic mass is 79.9. The summed E-state index contributed by atoms with van der Waals surface area (Å²) < 4.78 is 14.3. The molecule has 0 fully saturated rings. The van der Waals surface area contributed by atoms with E-state index in [0.717, 1.165) is 11.1 Å². The fraction of sp³-hybridized carbons (Fsp3) is 0.231. The van der Waals surface area contributed by atoms with Crippen LogP contribution in [-0.4, -0.2) is 5.11 Å². The summed E-state index contributed by atoms with van der Waals surface area (Å²) >= 11 is 4.76. The van der Waals surface area contributed by atoms with Crippen LogP contribution in [0.25, 0.3) is 0 Å². The Balaban J connectivity index is 2.19. The molecule has 1 heterocycles. The number of benzene rings is 1. The number of aryl methyl sites for hydroxylation is 1. The molecule has 0 radical (unpaired) electrons.